The van der Waals surface area contributed by atoms with Gasteiger partial charge in [0.05, 0.1) is 31.2 Å². The highest BCUT2D eigenvalue weighted by Crippen LogP contribution is 2.24. The van der Waals surface area contributed by atoms with Crippen molar-refractivity contribution in [2.45, 2.75) is 40.0 Å². The standard InChI is InChI=1S/C27H32N2O5S/c1-5-33-25-16-12-24(13-17-25)29(35(4,31)32)19-22-6-10-23(11-7-22)27(30)28-18-21-8-14-26(15-9-21)34-20(2)3/h6-17,20H,5,18-19H2,1-4H3,(H,28,30). The van der Waals surface area contributed by atoms with Crippen LogP contribution in [0.5, 0.6) is 11.5 Å². The first kappa shape index (κ1) is 26.1. The minimum atomic E-state index is -3.51. The molecule has 0 saturated heterocycles. The number of sulfonamides is 1. The van der Waals surface area contributed by atoms with E-state index in [0.29, 0.717) is 30.2 Å². The first-order valence-electron chi connectivity index (χ1n) is 11.5. The lowest BCUT2D eigenvalue weighted by molar-refractivity contribution is 0.0951. The fourth-order valence-corrected chi connectivity index (χ4v) is 4.33. The number of hydrogen-bond donors (Lipinski definition) is 1. The Hall–Kier alpha value is -3.52. The number of carbonyl (C=O) groups excluding carboxylic acids is 1. The quantitative estimate of drug-likeness (QED) is 0.413. The topological polar surface area (TPSA) is 84.9 Å². The van der Waals surface area contributed by atoms with Crippen LogP contribution in [0.1, 0.15) is 42.3 Å². The SMILES string of the molecule is CCOc1ccc(N(Cc2ccc(C(=O)NCc3ccc(OC(C)C)cc3)cc2)S(C)(=O)=O)cc1. The number of nitrogens with one attached hydrogen (secondary N) is 1. The maximum absolute atomic E-state index is 12.6. The van der Waals surface area contributed by atoms with Gasteiger partial charge < -0.3 is 14.8 Å². The molecule has 0 heterocycles. The van der Waals surface area contributed by atoms with Crippen LogP contribution < -0.4 is 19.1 Å². The summed E-state index contributed by atoms with van der Waals surface area (Å²) in [6.07, 6.45) is 1.28. The summed E-state index contributed by atoms with van der Waals surface area (Å²) in [6.45, 7) is 6.91. The second kappa shape index (κ2) is 11.8. The summed E-state index contributed by atoms with van der Waals surface area (Å²) in [5, 5.41) is 2.90. The molecule has 0 aliphatic heterocycles. The molecule has 8 heteroatoms. The Kier molecular flexibility index (Phi) is 8.76. The van der Waals surface area contributed by atoms with Crippen LogP contribution in [-0.2, 0) is 23.1 Å². The summed E-state index contributed by atoms with van der Waals surface area (Å²) in [6, 6.07) is 21.5. The molecule has 0 radical (unpaired) electrons. The number of carbonyl (C=O) groups is 1. The number of hydrogen-bond acceptors (Lipinski definition) is 5. The molecule has 0 aliphatic carbocycles. The smallest absolute Gasteiger partial charge is 0.251 e. The van der Waals surface area contributed by atoms with Crippen molar-refractivity contribution in [3.8, 4) is 11.5 Å². The minimum absolute atomic E-state index is 0.106. The summed E-state index contributed by atoms with van der Waals surface area (Å²) in [5.41, 5.74) is 2.77. The van der Waals surface area contributed by atoms with Crippen LogP contribution >= 0.6 is 0 Å². The molecule has 7 nitrogen and oxygen atoms in total. The van der Waals surface area contributed by atoms with Gasteiger partial charge in [-0.05, 0) is 80.4 Å². The average Bonchev–Trinajstić information content (AvgIpc) is 2.82. The Morgan fingerprint density at radius 2 is 1.46 bits per heavy atom. The van der Waals surface area contributed by atoms with E-state index in [1.54, 1.807) is 48.5 Å². The van der Waals surface area contributed by atoms with E-state index in [-0.39, 0.29) is 18.6 Å². The van der Waals surface area contributed by atoms with Crippen molar-refractivity contribution in [3.05, 3.63) is 89.5 Å². The zero-order valence-electron chi connectivity index (χ0n) is 20.5. The number of anilines is 1. The van der Waals surface area contributed by atoms with Gasteiger partial charge in [-0.3, -0.25) is 9.10 Å². The van der Waals surface area contributed by atoms with Gasteiger partial charge in [0.2, 0.25) is 10.0 Å². The third-order valence-electron chi connectivity index (χ3n) is 5.13. The zero-order valence-corrected chi connectivity index (χ0v) is 21.3. The lowest BCUT2D eigenvalue weighted by Gasteiger charge is -2.23. The van der Waals surface area contributed by atoms with E-state index >= 15 is 0 Å². The van der Waals surface area contributed by atoms with Crippen LogP contribution in [0.2, 0.25) is 0 Å². The predicted molar refractivity (Wildman–Crippen MR) is 138 cm³/mol. The number of rotatable bonds is 11. The van der Waals surface area contributed by atoms with Gasteiger partial charge in [-0.1, -0.05) is 24.3 Å². The lowest BCUT2D eigenvalue weighted by atomic mass is 10.1. The van der Waals surface area contributed by atoms with Crippen molar-refractivity contribution in [3.63, 3.8) is 0 Å². The van der Waals surface area contributed by atoms with Gasteiger partial charge in [-0.25, -0.2) is 8.42 Å². The van der Waals surface area contributed by atoms with Gasteiger partial charge in [0.25, 0.3) is 5.91 Å². The van der Waals surface area contributed by atoms with Crippen LogP contribution in [-0.4, -0.2) is 33.3 Å². The van der Waals surface area contributed by atoms with Crippen molar-refractivity contribution in [1.29, 1.82) is 0 Å². The molecule has 3 aromatic rings. The molecule has 1 N–H and O–H groups in total. The summed E-state index contributed by atoms with van der Waals surface area (Å²) in [4.78, 5) is 12.6. The zero-order chi connectivity index (χ0) is 25.4. The van der Waals surface area contributed by atoms with Crippen LogP contribution in [0.4, 0.5) is 5.69 Å². The number of nitrogens with zero attached hydrogens (tertiary/aromatic N) is 1. The van der Waals surface area contributed by atoms with E-state index in [1.807, 2.05) is 45.0 Å². The molecular formula is C27H32N2O5S. The Balaban J connectivity index is 1.62. The Labute approximate surface area is 207 Å². The highest BCUT2D eigenvalue weighted by atomic mass is 32.2. The number of ether oxygens (including phenoxy) is 2. The number of amides is 1. The second-order valence-corrected chi connectivity index (χ2v) is 10.3. The van der Waals surface area contributed by atoms with Crippen molar-refractivity contribution in [2.75, 3.05) is 17.2 Å². The van der Waals surface area contributed by atoms with E-state index in [4.69, 9.17) is 9.47 Å². The van der Waals surface area contributed by atoms with Crippen molar-refractivity contribution < 1.29 is 22.7 Å². The third kappa shape index (κ3) is 7.75. The Morgan fingerprint density at radius 3 is 2.00 bits per heavy atom. The van der Waals surface area contributed by atoms with E-state index in [0.717, 1.165) is 16.9 Å². The van der Waals surface area contributed by atoms with Crippen LogP contribution in [0.25, 0.3) is 0 Å². The lowest BCUT2D eigenvalue weighted by Crippen LogP contribution is -2.29. The molecule has 0 aromatic heterocycles. The molecule has 3 aromatic carbocycles. The number of benzene rings is 3. The molecule has 1 amide bonds. The first-order valence-corrected chi connectivity index (χ1v) is 13.3. The van der Waals surface area contributed by atoms with E-state index in [1.165, 1.54) is 10.6 Å². The summed E-state index contributed by atoms with van der Waals surface area (Å²) in [5.74, 6) is 1.27. The summed E-state index contributed by atoms with van der Waals surface area (Å²) < 4.78 is 37.3. The van der Waals surface area contributed by atoms with E-state index < -0.39 is 10.0 Å². The Bertz CT molecular complexity index is 1210. The van der Waals surface area contributed by atoms with Gasteiger partial charge in [0.1, 0.15) is 11.5 Å². The molecule has 0 atom stereocenters. The first-order chi connectivity index (χ1) is 16.7. The average molecular weight is 497 g/mol. The van der Waals surface area contributed by atoms with Crippen molar-refractivity contribution >= 4 is 21.6 Å². The highest BCUT2D eigenvalue weighted by molar-refractivity contribution is 7.92. The van der Waals surface area contributed by atoms with Gasteiger partial charge in [0, 0.05) is 12.1 Å². The minimum Gasteiger partial charge on any atom is -0.494 e. The van der Waals surface area contributed by atoms with Gasteiger partial charge in [-0.15, -0.1) is 0 Å². The van der Waals surface area contributed by atoms with E-state index in [2.05, 4.69) is 5.32 Å². The van der Waals surface area contributed by atoms with Crippen LogP contribution in [0.3, 0.4) is 0 Å². The molecule has 186 valence electrons. The van der Waals surface area contributed by atoms with Crippen LogP contribution in [0, 0.1) is 0 Å². The molecule has 0 spiro atoms. The molecule has 35 heavy (non-hydrogen) atoms. The fourth-order valence-electron chi connectivity index (χ4n) is 3.45. The molecule has 0 fully saturated rings. The monoisotopic (exact) mass is 496 g/mol. The molecule has 0 aliphatic rings. The van der Waals surface area contributed by atoms with Gasteiger partial charge in [-0.2, -0.15) is 0 Å². The van der Waals surface area contributed by atoms with Crippen molar-refractivity contribution in [1.82, 2.24) is 5.32 Å². The predicted octanol–water partition coefficient (Wildman–Crippen LogP) is 4.77. The van der Waals surface area contributed by atoms with Gasteiger partial charge in [0.15, 0.2) is 0 Å². The Morgan fingerprint density at radius 1 is 0.886 bits per heavy atom. The maximum Gasteiger partial charge on any atom is 0.251 e. The summed E-state index contributed by atoms with van der Waals surface area (Å²) >= 11 is 0. The highest BCUT2D eigenvalue weighted by Gasteiger charge is 2.18. The molecular weight excluding hydrogens is 464 g/mol. The maximum atomic E-state index is 12.6. The largest absolute Gasteiger partial charge is 0.494 e. The fraction of sp³-hybridized carbons (Fsp3) is 0.296. The van der Waals surface area contributed by atoms with E-state index in [9.17, 15) is 13.2 Å². The molecule has 3 rings (SSSR count). The summed E-state index contributed by atoms with van der Waals surface area (Å²) in [7, 11) is -3.51. The van der Waals surface area contributed by atoms with Gasteiger partial charge >= 0.3 is 0 Å². The van der Waals surface area contributed by atoms with Crippen molar-refractivity contribution in [2.24, 2.45) is 0 Å². The second-order valence-electron chi connectivity index (χ2n) is 8.39. The molecule has 0 unspecified atom stereocenters. The molecule has 0 saturated carbocycles. The third-order valence-corrected chi connectivity index (χ3v) is 6.27. The molecule has 0 bridgehead atoms. The normalized spacial score (nSPS) is 11.2. The van der Waals surface area contributed by atoms with Crippen LogP contribution in [0.15, 0.2) is 72.8 Å².